The molecule has 0 saturated carbocycles. The summed E-state index contributed by atoms with van der Waals surface area (Å²) in [6.45, 7) is 2.69. The molecule has 0 atom stereocenters. The number of fused-ring (bicyclic) bond motifs is 1. The van der Waals surface area contributed by atoms with Crippen LogP contribution in [0.1, 0.15) is 30.1 Å². The molecule has 0 spiro atoms. The fourth-order valence-corrected chi connectivity index (χ4v) is 2.01. The van der Waals surface area contributed by atoms with E-state index in [0.29, 0.717) is 12.1 Å². The molecule has 0 aliphatic heterocycles. The second-order valence-electron chi connectivity index (χ2n) is 4.76. The predicted molar refractivity (Wildman–Crippen MR) is 73.5 cm³/mol. The van der Waals surface area contributed by atoms with Crippen molar-refractivity contribution in [2.45, 2.75) is 19.8 Å². The first kappa shape index (κ1) is 14.4. The number of carbonyl (C=O) groups is 1. The number of amides is 1. The number of benzene rings is 1. The number of aromatic nitrogens is 1. The molecule has 2 rings (SSSR count). The van der Waals surface area contributed by atoms with Crippen LogP contribution in [-0.4, -0.2) is 29.4 Å². The van der Waals surface area contributed by atoms with Gasteiger partial charge in [0.1, 0.15) is 11.3 Å². The van der Waals surface area contributed by atoms with Crippen molar-refractivity contribution >= 4 is 16.8 Å². The van der Waals surface area contributed by atoms with Gasteiger partial charge in [-0.05, 0) is 18.6 Å². The van der Waals surface area contributed by atoms with Gasteiger partial charge in [0.2, 0.25) is 0 Å². The van der Waals surface area contributed by atoms with E-state index < -0.39 is 11.6 Å². The highest BCUT2D eigenvalue weighted by Gasteiger charge is 2.14. The van der Waals surface area contributed by atoms with Gasteiger partial charge >= 0.3 is 0 Å². The van der Waals surface area contributed by atoms with Crippen LogP contribution >= 0.6 is 0 Å². The third kappa shape index (κ3) is 2.92. The topological polar surface area (TPSA) is 33.2 Å². The van der Waals surface area contributed by atoms with Crippen molar-refractivity contribution in [3.63, 3.8) is 0 Å². The number of unbranched alkanes of at least 4 members (excludes halogenated alkanes) is 1. The SMILES string of the molecule is CCCCN(C)C(=O)c1cnc2c(F)cc(F)cc2c1. The molecule has 1 aromatic heterocycles. The van der Waals surface area contributed by atoms with Gasteiger partial charge in [-0.1, -0.05) is 13.3 Å². The van der Waals surface area contributed by atoms with Crippen molar-refractivity contribution in [2.24, 2.45) is 0 Å². The summed E-state index contributed by atoms with van der Waals surface area (Å²) in [5.41, 5.74) is 0.403. The van der Waals surface area contributed by atoms with Gasteiger partial charge in [0.15, 0.2) is 5.82 Å². The van der Waals surface area contributed by atoms with Gasteiger partial charge in [-0.25, -0.2) is 8.78 Å². The number of hydrogen-bond acceptors (Lipinski definition) is 2. The number of nitrogens with zero attached hydrogens (tertiary/aromatic N) is 2. The fraction of sp³-hybridized carbons (Fsp3) is 0.333. The van der Waals surface area contributed by atoms with Crippen molar-refractivity contribution in [2.75, 3.05) is 13.6 Å². The highest BCUT2D eigenvalue weighted by molar-refractivity contribution is 5.97. The molecule has 1 amide bonds. The predicted octanol–water partition coefficient (Wildman–Crippen LogP) is 3.39. The van der Waals surface area contributed by atoms with E-state index in [4.69, 9.17) is 0 Å². The van der Waals surface area contributed by atoms with E-state index >= 15 is 0 Å². The average molecular weight is 278 g/mol. The maximum absolute atomic E-state index is 13.5. The third-order valence-electron chi connectivity index (χ3n) is 3.14. The third-order valence-corrected chi connectivity index (χ3v) is 3.14. The summed E-state index contributed by atoms with van der Waals surface area (Å²) < 4.78 is 26.7. The molecule has 1 heterocycles. The summed E-state index contributed by atoms with van der Waals surface area (Å²) in [6, 6.07) is 3.43. The molecule has 1 aromatic carbocycles. The average Bonchev–Trinajstić information content (AvgIpc) is 2.43. The lowest BCUT2D eigenvalue weighted by Gasteiger charge is -2.16. The van der Waals surface area contributed by atoms with Gasteiger partial charge < -0.3 is 4.90 Å². The Balaban J connectivity index is 2.34. The summed E-state index contributed by atoms with van der Waals surface area (Å²) in [4.78, 5) is 17.7. The number of halogens is 2. The first-order chi connectivity index (χ1) is 9.52. The maximum Gasteiger partial charge on any atom is 0.255 e. The molecule has 5 heteroatoms. The fourth-order valence-electron chi connectivity index (χ4n) is 2.01. The van der Waals surface area contributed by atoms with Crippen LogP contribution in [0.3, 0.4) is 0 Å². The molecular weight excluding hydrogens is 262 g/mol. The van der Waals surface area contributed by atoms with Crippen LogP contribution in [0, 0.1) is 11.6 Å². The lowest BCUT2D eigenvalue weighted by atomic mass is 10.1. The van der Waals surface area contributed by atoms with E-state index in [1.165, 1.54) is 18.3 Å². The number of pyridine rings is 1. The Labute approximate surface area is 116 Å². The van der Waals surface area contributed by atoms with Crippen LogP contribution in [-0.2, 0) is 0 Å². The maximum atomic E-state index is 13.5. The quantitative estimate of drug-likeness (QED) is 0.859. The van der Waals surface area contributed by atoms with Crippen LogP contribution in [0.25, 0.3) is 10.9 Å². The molecule has 106 valence electrons. The highest BCUT2D eigenvalue weighted by atomic mass is 19.1. The van der Waals surface area contributed by atoms with E-state index in [9.17, 15) is 13.6 Å². The number of hydrogen-bond donors (Lipinski definition) is 0. The Bertz CT molecular complexity index is 643. The molecule has 0 fully saturated rings. The largest absolute Gasteiger partial charge is 0.342 e. The van der Waals surface area contributed by atoms with Crippen molar-refractivity contribution in [3.05, 3.63) is 41.6 Å². The number of rotatable bonds is 4. The monoisotopic (exact) mass is 278 g/mol. The van der Waals surface area contributed by atoms with Crippen molar-refractivity contribution in [1.82, 2.24) is 9.88 Å². The molecule has 2 aromatic rings. The van der Waals surface area contributed by atoms with E-state index in [1.54, 1.807) is 11.9 Å². The Kier molecular flexibility index (Phi) is 4.27. The lowest BCUT2D eigenvalue weighted by Crippen LogP contribution is -2.27. The minimum atomic E-state index is -0.724. The smallest absolute Gasteiger partial charge is 0.255 e. The minimum Gasteiger partial charge on any atom is -0.342 e. The van der Waals surface area contributed by atoms with Gasteiger partial charge in [0, 0.05) is 31.2 Å². The molecule has 0 saturated heterocycles. The summed E-state index contributed by atoms with van der Waals surface area (Å²) in [5, 5.41) is 0.289. The zero-order chi connectivity index (χ0) is 14.7. The first-order valence-corrected chi connectivity index (χ1v) is 6.53. The summed E-state index contributed by atoms with van der Waals surface area (Å²) in [6.07, 6.45) is 3.23. The lowest BCUT2D eigenvalue weighted by molar-refractivity contribution is 0.0793. The van der Waals surface area contributed by atoms with Crippen molar-refractivity contribution in [1.29, 1.82) is 0 Å². The highest BCUT2D eigenvalue weighted by Crippen LogP contribution is 2.19. The zero-order valence-corrected chi connectivity index (χ0v) is 11.5. The second kappa shape index (κ2) is 5.94. The second-order valence-corrected chi connectivity index (χ2v) is 4.76. The van der Waals surface area contributed by atoms with E-state index in [-0.39, 0.29) is 16.8 Å². The van der Waals surface area contributed by atoms with Gasteiger partial charge in [0.05, 0.1) is 5.56 Å². The Hall–Kier alpha value is -2.04. The van der Waals surface area contributed by atoms with Crippen LogP contribution in [0.5, 0.6) is 0 Å². The number of carbonyl (C=O) groups excluding carboxylic acids is 1. The normalized spacial score (nSPS) is 10.8. The standard InChI is InChI=1S/C15H16F2N2O/c1-3-4-5-19(2)15(20)11-6-10-7-12(16)8-13(17)14(10)18-9-11/h6-9H,3-5H2,1-2H3. The van der Waals surface area contributed by atoms with Crippen LogP contribution in [0.4, 0.5) is 8.78 Å². The van der Waals surface area contributed by atoms with Crippen LogP contribution in [0.2, 0.25) is 0 Å². The summed E-state index contributed by atoms with van der Waals surface area (Å²) >= 11 is 0. The van der Waals surface area contributed by atoms with Gasteiger partial charge in [-0.15, -0.1) is 0 Å². The van der Waals surface area contributed by atoms with E-state index in [2.05, 4.69) is 4.98 Å². The van der Waals surface area contributed by atoms with Gasteiger partial charge in [0.25, 0.3) is 5.91 Å². The Morgan fingerprint density at radius 1 is 1.30 bits per heavy atom. The molecule has 0 radical (unpaired) electrons. The molecule has 0 N–H and O–H groups in total. The van der Waals surface area contributed by atoms with E-state index in [1.807, 2.05) is 6.92 Å². The zero-order valence-electron chi connectivity index (χ0n) is 11.5. The molecule has 0 bridgehead atoms. The van der Waals surface area contributed by atoms with Gasteiger partial charge in [-0.2, -0.15) is 0 Å². The molecule has 0 aliphatic rings. The first-order valence-electron chi connectivity index (χ1n) is 6.53. The van der Waals surface area contributed by atoms with Crippen LogP contribution < -0.4 is 0 Å². The Morgan fingerprint density at radius 3 is 2.75 bits per heavy atom. The molecule has 0 unspecified atom stereocenters. The molecule has 3 nitrogen and oxygen atoms in total. The van der Waals surface area contributed by atoms with Crippen LogP contribution in [0.15, 0.2) is 24.4 Å². The molecular formula is C15H16F2N2O. The Morgan fingerprint density at radius 2 is 2.05 bits per heavy atom. The molecule has 0 aliphatic carbocycles. The minimum absolute atomic E-state index is 0.0687. The molecule has 20 heavy (non-hydrogen) atoms. The van der Waals surface area contributed by atoms with Gasteiger partial charge in [-0.3, -0.25) is 9.78 Å². The van der Waals surface area contributed by atoms with Crippen molar-refractivity contribution < 1.29 is 13.6 Å². The van der Waals surface area contributed by atoms with Crippen molar-refractivity contribution in [3.8, 4) is 0 Å². The summed E-state index contributed by atoms with van der Waals surface area (Å²) in [5.74, 6) is -1.60. The van der Waals surface area contributed by atoms with E-state index in [0.717, 1.165) is 18.9 Å². The summed E-state index contributed by atoms with van der Waals surface area (Å²) in [7, 11) is 1.70.